The Balaban J connectivity index is 0.00000161. The van der Waals surface area contributed by atoms with Crippen LogP contribution >= 0.6 is 35.3 Å². The molecular weight excluding hydrogens is 395 g/mol. The van der Waals surface area contributed by atoms with Crippen molar-refractivity contribution in [1.29, 1.82) is 0 Å². The van der Waals surface area contributed by atoms with Crippen LogP contribution in [0.1, 0.15) is 10.6 Å². The zero-order valence-corrected chi connectivity index (χ0v) is 15.1. The van der Waals surface area contributed by atoms with Gasteiger partial charge in [0.2, 0.25) is 0 Å². The summed E-state index contributed by atoms with van der Waals surface area (Å²) in [7, 11) is 1.84. The van der Waals surface area contributed by atoms with Gasteiger partial charge in [-0.15, -0.1) is 35.3 Å². The Bertz CT molecular complexity index is 597. The first-order valence-corrected chi connectivity index (χ1v) is 7.71. The van der Waals surface area contributed by atoms with E-state index in [0.29, 0.717) is 0 Å². The lowest BCUT2D eigenvalue weighted by Crippen LogP contribution is -2.41. The summed E-state index contributed by atoms with van der Waals surface area (Å²) >= 11 is 1.70. The van der Waals surface area contributed by atoms with Crippen molar-refractivity contribution in [1.82, 2.24) is 10.3 Å². The fraction of sp³-hybridized carbons (Fsp3) is 0.333. The van der Waals surface area contributed by atoms with Crippen molar-refractivity contribution >= 4 is 47.0 Å². The monoisotopic (exact) mass is 414 g/mol. The maximum atomic E-state index is 4.40. The summed E-state index contributed by atoms with van der Waals surface area (Å²) in [6.07, 6.45) is 3.88. The molecule has 112 valence electrons. The number of nitrogens with one attached hydrogen (secondary N) is 1. The van der Waals surface area contributed by atoms with E-state index in [4.69, 9.17) is 0 Å². The van der Waals surface area contributed by atoms with Gasteiger partial charge in [0.1, 0.15) is 0 Å². The summed E-state index contributed by atoms with van der Waals surface area (Å²) in [5.41, 5.74) is 2.67. The number of hydrogen-bond donors (Lipinski definition) is 1. The second-order valence-electron chi connectivity index (χ2n) is 4.68. The average Bonchev–Trinajstić information content (AvgIpc) is 3.13. The van der Waals surface area contributed by atoms with E-state index in [2.05, 4.69) is 44.5 Å². The number of nitrogens with zero attached hydrogens (tertiary/aromatic N) is 3. The van der Waals surface area contributed by atoms with Crippen LogP contribution in [0.5, 0.6) is 0 Å². The number of anilines is 1. The van der Waals surface area contributed by atoms with Crippen LogP contribution in [-0.2, 0) is 12.8 Å². The quantitative estimate of drug-likeness (QED) is 0.477. The molecule has 1 aromatic heterocycles. The lowest BCUT2D eigenvalue weighted by molar-refractivity contribution is 0.831. The van der Waals surface area contributed by atoms with Crippen molar-refractivity contribution < 1.29 is 0 Å². The van der Waals surface area contributed by atoms with E-state index in [9.17, 15) is 0 Å². The molecule has 0 saturated carbocycles. The molecule has 21 heavy (non-hydrogen) atoms. The van der Waals surface area contributed by atoms with E-state index < -0.39 is 0 Å². The number of aliphatic imine (C=N–C) groups is 1. The smallest absolute Gasteiger partial charge is 0.198 e. The van der Waals surface area contributed by atoms with Crippen molar-refractivity contribution in [3.05, 3.63) is 46.4 Å². The predicted molar refractivity (Wildman–Crippen MR) is 100 cm³/mol. The van der Waals surface area contributed by atoms with Crippen LogP contribution in [0.4, 0.5) is 5.69 Å². The molecule has 1 aliphatic rings. The lowest BCUT2D eigenvalue weighted by Gasteiger charge is -2.22. The van der Waals surface area contributed by atoms with Crippen LogP contribution in [0.3, 0.4) is 0 Å². The van der Waals surface area contributed by atoms with Gasteiger partial charge < -0.3 is 10.2 Å². The highest BCUT2D eigenvalue weighted by atomic mass is 127. The third-order valence-corrected chi connectivity index (χ3v) is 4.30. The van der Waals surface area contributed by atoms with Crippen molar-refractivity contribution in [3.8, 4) is 0 Å². The molecule has 1 aliphatic heterocycles. The molecule has 4 nitrogen and oxygen atoms in total. The molecule has 0 bridgehead atoms. The van der Waals surface area contributed by atoms with Gasteiger partial charge in [0.05, 0.1) is 5.01 Å². The third kappa shape index (κ3) is 3.74. The van der Waals surface area contributed by atoms with Crippen LogP contribution in [-0.4, -0.2) is 31.1 Å². The number of para-hydroxylation sites is 1. The van der Waals surface area contributed by atoms with E-state index >= 15 is 0 Å². The van der Waals surface area contributed by atoms with Crippen molar-refractivity contribution in [2.45, 2.75) is 12.8 Å². The van der Waals surface area contributed by atoms with Gasteiger partial charge in [0, 0.05) is 43.8 Å². The third-order valence-electron chi connectivity index (χ3n) is 3.46. The molecule has 0 fully saturated rings. The summed E-state index contributed by atoms with van der Waals surface area (Å²) in [5.74, 6) is 0.950. The number of hydrogen-bond acceptors (Lipinski definition) is 3. The summed E-state index contributed by atoms with van der Waals surface area (Å²) in [5, 5.41) is 6.61. The molecule has 2 aromatic rings. The van der Waals surface area contributed by atoms with E-state index in [1.807, 2.05) is 18.6 Å². The SMILES string of the molecule is CN=C(NCCc1nccs1)N1CCc2ccccc21.I. The number of aromatic nitrogens is 1. The van der Waals surface area contributed by atoms with Gasteiger partial charge in [0.25, 0.3) is 0 Å². The molecule has 3 rings (SSSR count). The van der Waals surface area contributed by atoms with Crippen molar-refractivity contribution in [2.24, 2.45) is 4.99 Å². The molecule has 0 spiro atoms. The largest absolute Gasteiger partial charge is 0.356 e. The van der Waals surface area contributed by atoms with E-state index in [-0.39, 0.29) is 24.0 Å². The molecule has 0 atom stereocenters. The standard InChI is InChI=1S/C15H18N4S.HI/c1-16-15(18-8-6-14-17-9-11-20-14)19-10-7-12-4-2-3-5-13(12)19;/h2-5,9,11H,6-8,10H2,1H3,(H,16,18);1H. The van der Waals surface area contributed by atoms with Gasteiger partial charge in [0.15, 0.2) is 5.96 Å². The minimum Gasteiger partial charge on any atom is -0.356 e. The number of fused-ring (bicyclic) bond motifs is 1. The number of rotatable bonds is 3. The summed E-state index contributed by atoms with van der Waals surface area (Å²) in [4.78, 5) is 11.0. The molecule has 0 aliphatic carbocycles. The first-order chi connectivity index (χ1) is 9.88. The maximum Gasteiger partial charge on any atom is 0.198 e. The van der Waals surface area contributed by atoms with Crippen LogP contribution < -0.4 is 10.2 Å². The zero-order chi connectivity index (χ0) is 13.8. The van der Waals surface area contributed by atoms with Crippen LogP contribution in [0, 0.1) is 0 Å². The number of halogens is 1. The minimum atomic E-state index is 0. The molecule has 0 saturated heterocycles. The van der Waals surface area contributed by atoms with Crippen molar-refractivity contribution in [3.63, 3.8) is 0 Å². The zero-order valence-electron chi connectivity index (χ0n) is 12.0. The Labute approximate surface area is 146 Å². The molecule has 0 amide bonds. The first kappa shape index (κ1) is 16.2. The second kappa shape index (κ2) is 7.74. The first-order valence-electron chi connectivity index (χ1n) is 6.83. The Morgan fingerprint density at radius 1 is 1.43 bits per heavy atom. The molecule has 6 heteroatoms. The van der Waals surface area contributed by atoms with Crippen molar-refractivity contribution in [2.75, 3.05) is 25.0 Å². The summed E-state index contributed by atoms with van der Waals surface area (Å²) in [6, 6.07) is 8.54. The predicted octanol–water partition coefficient (Wildman–Crippen LogP) is 2.94. The fourth-order valence-corrected chi connectivity index (χ4v) is 3.13. The Morgan fingerprint density at radius 2 is 2.29 bits per heavy atom. The Kier molecular flexibility index (Phi) is 5.98. The molecule has 1 aromatic carbocycles. The number of thiazole rings is 1. The number of benzene rings is 1. The molecule has 1 N–H and O–H groups in total. The average molecular weight is 414 g/mol. The highest BCUT2D eigenvalue weighted by molar-refractivity contribution is 14.0. The van der Waals surface area contributed by atoms with Gasteiger partial charge in [-0.25, -0.2) is 4.98 Å². The summed E-state index contributed by atoms with van der Waals surface area (Å²) < 4.78 is 0. The minimum absolute atomic E-state index is 0. The fourth-order valence-electron chi connectivity index (χ4n) is 2.51. The van der Waals surface area contributed by atoms with E-state index in [0.717, 1.165) is 36.9 Å². The van der Waals surface area contributed by atoms with Crippen LogP contribution in [0.25, 0.3) is 0 Å². The van der Waals surface area contributed by atoms with Gasteiger partial charge in [-0.3, -0.25) is 4.99 Å². The molecule has 0 radical (unpaired) electrons. The topological polar surface area (TPSA) is 40.5 Å². The van der Waals surface area contributed by atoms with Gasteiger partial charge >= 0.3 is 0 Å². The van der Waals surface area contributed by atoms with Crippen LogP contribution in [0.2, 0.25) is 0 Å². The summed E-state index contributed by atoms with van der Waals surface area (Å²) in [6.45, 7) is 1.86. The second-order valence-corrected chi connectivity index (χ2v) is 5.66. The Morgan fingerprint density at radius 3 is 3.05 bits per heavy atom. The lowest BCUT2D eigenvalue weighted by atomic mass is 10.2. The highest BCUT2D eigenvalue weighted by Crippen LogP contribution is 2.27. The van der Waals surface area contributed by atoms with Gasteiger partial charge in [-0.2, -0.15) is 0 Å². The van der Waals surface area contributed by atoms with E-state index in [1.165, 1.54) is 11.3 Å². The molecule has 0 unspecified atom stereocenters. The highest BCUT2D eigenvalue weighted by Gasteiger charge is 2.21. The molecular formula is C15H19IN4S. The van der Waals surface area contributed by atoms with Crippen LogP contribution in [0.15, 0.2) is 40.8 Å². The van der Waals surface area contributed by atoms with E-state index in [1.54, 1.807) is 11.3 Å². The molecule has 2 heterocycles. The Hall–Kier alpha value is -1.15. The normalized spacial score (nSPS) is 13.8. The maximum absolute atomic E-state index is 4.40. The number of guanidine groups is 1. The van der Waals surface area contributed by atoms with Gasteiger partial charge in [-0.05, 0) is 18.1 Å². The van der Waals surface area contributed by atoms with Gasteiger partial charge in [-0.1, -0.05) is 18.2 Å².